The number of benzene rings is 3. The van der Waals surface area contributed by atoms with Gasteiger partial charge in [-0.05, 0) is 55.7 Å². The largest absolute Gasteiger partial charge is 0.339 e. The van der Waals surface area contributed by atoms with Crippen LogP contribution in [0.3, 0.4) is 0 Å². The first-order valence-corrected chi connectivity index (χ1v) is 11.7. The molecule has 4 nitrogen and oxygen atoms in total. The van der Waals surface area contributed by atoms with Crippen LogP contribution in [-0.2, 0) is 6.54 Å². The molecule has 0 unspecified atom stereocenters. The lowest BCUT2D eigenvalue weighted by Gasteiger charge is -2.28. The number of rotatable bonds is 3. The summed E-state index contributed by atoms with van der Waals surface area (Å²) in [5.74, 6) is -0.567. The van der Waals surface area contributed by atoms with Crippen molar-refractivity contribution in [3.63, 3.8) is 0 Å². The number of carbonyl (C=O) groups excluding carboxylic acids is 2. The smallest absolute Gasteiger partial charge is 0.259 e. The molecule has 0 aromatic heterocycles. The first kappa shape index (κ1) is 20.8. The minimum atomic E-state index is -0.354. The van der Waals surface area contributed by atoms with Crippen LogP contribution in [0.5, 0.6) is 0 Å². The Hall–Kier alpha value is -3.12. The first-order chi connectivity index (χ1) is 15.6. The molecule has 32 heavy (non-hydrogen) atoms. The summed E-state index contributed by atoms with van der Waals surface area (Å²) < 4.78 is 14.5. The maximum atomic E-state index is 14.5. The minimum absolute atomic E-state index is 0.0162. The van der Waals surface area contributed by atoms with Crippen molar-refractivity contribution in [2.75, 3.05) is 18.0 Å². The van der Waals surface area contributed by atoms with Gasteiger partial charge in [0.25, 0.3) is 11.8 Å². The second kappa shape index (κ2) is 8.79. The molecular formula is C26H23FN2O2S. The van der Waals surface area contributed by atoms with Crippen molar-refractivity contribution in [1.82, 2.24) is 4.90 Å². The van der Waals surface area contributed by atoms with Gasteiger partial charge in [-0.15, -0.1) is 0 Å². The maximum absolute atomic E-state index is 14.5. The highest BCUT2D eigenvalue weighted by Gasteiger charge is 2.29. The summed E-state index contributed by atoms with van der Waals surface area (Å²) in [6.45, 7) is 1.61. The average molecular weight is 447 g/mol. The molecule has 1 saturated heterocycles. The normalized spacial score (nSPS) is 15.7. The van der Waals surface area contributed by atoms with Gasteiger partial charge in [-0.3, -0.25) is 9.59 Å². The molecule has 0 N–H and O–H groups in total. The van der Waals surface area contributed by atoms with Crippen LogP contribution in [0.2, 0.25) is 0 Å². The lowest BCUT2D eigenvalue weighted by atomic mass is 10.1. The zero-order valence-electron chi connectivity index (χ0n) is 17.6. The fourth-order valence-corrected chi connectivity index (χ4v) is 5.35. The lowest BCUT2D eigenvalue weighted by Crippen LogP contribution is -2.36. The molecule has 0 radical (unpaired) electrons. The van der Waals surface area contributed by atoms with Gasteiger partial charge < -0.3 is 9.80 Å². The molecule has 2 amide bonds. The predicted molar refractivity (Wildman–Crippen MR) is 124 cm³/mol. The third-order valence-electron chi connectivity index (χ3n) is 6.01. The van der Waals surface area contributed by atoms with E-state index in [4.69, 9.17) is 0 Å². The van der Waals surface area contributed by atoms with E-state index in [1.165, 1.54) is 17.8 Å². The van der Waals surface area contributed by atoms with Crippen molar-refractivity contribution < 1.29 is 14.0 Å². The molecule has 1 fully saturated rings. The summed E-state index contributed by atoms with van der Waals surface area (Å²) in [5.41, 5.74) is 2.21. The molecule has 0 saturated carbocycles. The molecule has 2 aliphatic heterocycles. The summed E-state index contributed by atoms with van der Waals surface area (Å²) in [4.78, 5) is 31.9. The van der Waals surface area contributed by atoms with E-state index in [0.717, 1.165) is 42.1 Å². The summed E-state index contributed by atoms with van der Waals surface area (Å²) >= 11 is 1.50. The minimum Gasteiger partial charge on any atom is -0.339 e. The summed E-state index contributed by atoms with van der Waals surface area (Å²) in [6, 6.07) is 19.5. The number of amides is 2. The number of fused-ring (bicyclic) bond motifs is 2. The molecule has 0 atom stereocenters. The highest BCUT2D eigenvalue weighted by atomic mass is 32.2. The number of hydrogen-bond acceptors (Lipinski definition) is 3. The number of nitrogens with zero attached hydrogens (tertiary/aromatic N) is 2. The fourth-order valence-electron chi connectivity index (χ4n) is 4.29. The van der Waals surface area contributed by atoms with Crippen molar-refractivity contribution >= 4 is 29.3 Å². The van der Waals surface area contributed by atoms with Crippen molar-refractivity contribution in [3.05, 3.63) is 89.2 Å². The highest BCUT2D eigenvalue weighted by Crippen LogP contribution is 2.42. The Morgan fingerprint density at radius 2 is 1.66 bits per heavy atom. The van der Waals surface area contributed by atoms with E-state index in [1.807, 2.05) is 35.2 Å². The van der Waals surface area contributed by atoms with Crippen molar-refractivity contribution in [1.29, 1.82) is 0 Å². The molecule has 6 heteroatoms. The summed E-state index contributed by atoms with van der Waals surface area (Å²) in [6.07, 6.45) is 3.17. The Morgan fingerprint density at radius 3 is 2.47 bits per heavy atom. The Morgan fingerprint density at radius 1 is 0.906 bits per heavy atom. The number of piperidine rings is 1. The number of anilines is 1. The number of likely N-dealkylation sites (tertiary alicyclic amines) is 1. The molecular weight excluding hydrogens is 423 g/mol. The summed E-state index contributed by atoms with van der Waals surface area (Å²) in [5, 5.41) is 0. The average Bonchev–Trinajstić information content (AvgIpc) is 2.95. The molecule has 3 aromatic carbocycles. The number of hydrogen-bond donors (Lipinski definition) is 0. The van der Waals surface area contributed by atoms with Crippen LogP contribution in [0.1, 0.15) is 45.5 Å². The fraction of sp³-hybridized carbons (Fsp3) is 0.231. The summed E-state index contributed by atoms with van der Waals surface area (Å²) in [7, 11) is 0. The monoisotopic (exact) mass is 446 g/mol. The standard InChI is InChI=1S/C26H23FN2O2S/c27-21-10-4-2-8-19(21)17-29-22-16-18(25(30)28-14-6-1-7-15-28)12-13-24(22)32-23-11-5-3-9-20(23)26(29)31/h2-5,8-13,16H,1,6-7,14-15,17H2. The van der Waals surface area contributed by atoms with Crippen LogP contribution in [-0.4, -0.2) is 29.8 Å². The maximum Gasteiger partial charge on any atom is 0.259 e. The first-order valence-electron chi connectivity index (χ1n) is 10.9. The van der Waals surface area contributed by atoms with Gasteiger partial charge in [0, 0.05) is 34.0 Å². The van der Waals surface area contributed by atoms with Crippen LogP contribution < -0.4 is 4.90 Å². The number of carbonyl (C=O) groups is 2. The molecule has 0 spiro atoms. The molecule has 0 bridgehead atoms. The van der Waals surface area contributed by atoms with E-state index < -0.39 is 0 Å². The van der Waals surface area contributed by atoms with Gasteiger partial charge in [-0.1, -0.05) is 42.1 Å². The zero-order chi connectivity index (χ0) is 22.1. The molecule has 2 heterocycles. The number of halogens is 1. The second-order valence-corrected chi connectivity index (χ2v) is 9.20. The van der Waals surface area contributed by atoms with E-state index in [9.17, 15) is 14.0 Å². The van der Waals surface area contributed by atoms with Crippen molar-refractivity contribution in [3.8, 4) is 0 Å². The molecule has 162 valence electrons. The van der Waals surface area contributed by atoms with Crippen LogP contribution in [0.15, 0.2) is 76.5 Å². The van der Waals surface area contributed by atoms with E-state index >= 15 is 0 Å². The van der Waals surface area contributed by atoms with Gasteiger partial charge >= 0.3 is 0 Å². The quantitative estimate of drug-likeness (QED) is 0.513. The van der Waals surface area contributed by atoms with Gasteiger partial charge in [-0.25, -0.2) is 4.39 Å². The van der Waals surface area contributed by atoms with Crippen LogP contribution in [0.25, 0.3) is 0 Å². The molecule has 3 aromatic rings. The van der Waals surface area contributed by atoms with Crippen LogP contribution >= 0.6 is 11.8 Å². The second-order valence-electron chi connectivity index (χ2n) is 8.12. The lowest BCUT2D eigenvalue weighted by molar-refractivity contribution is 0.0724. The highest BCUT2D eigenvalue weighted by molar-refractivity contribution is 7.99. The zero-order valence-corrected chi connectivity index (χ0v) is 18.4. The molecule has 5 rings (SSSR count). The van der Waals surface area contributed by atoms with Crippen molar-refractivity contribution in [2.45, 2.75) is 35.6 Å². The van der Waals surface area contributed by atoms with Crippen molar-refractivity contribution in [2.24, 2.45) is 0 Å². The third-order valence-corrected chi connectivity index (χ3v) is 7.15. The Labute approximate surface area is 191 Å². The van der Waals surface area contributed by atoms with Crippen LogP contribution in [0.4, 0.5) is 10.1 Å². The van der Waals surface area contributed by atoms with Gasteiger partial charge in [0.05, 0.1) is 17.8 Å². The molecule has 2 aliphatic rings. The Balaban J connectivity index is 1.59. The van der Waals surface area contributed by atoms with Crippen LogP contribution in [0, 0.1) is 5.82 Å². The van der Waals surface area contributed by atoms with Gasteiger partial charge in [0.2, 0.25) is 0 Å². The van der Waals surface area contributed by atoms with E-state index in [2.05, 4.69) is 0 Å². The topological polar surface area (TPSA) is 40.6 Å². The predicted octanol–water partition coefficient (Wildman–Crippen LogP) is 5.76. The van der Waals surface area contributed by atoms with Gasteiger partial charge in [0.15, 0.2) is 0 Å². The van der Waals surface area contributed by atoms with Gasteiger partial charge in [-0.2, -0.15) is 0 Å². The SMILES string of the molecule is O=C(c1ccc2c(c1)N(Cc1ccccc1F)C(=O)c1ccccc1S2)N1CCCCC1. The van der Waals surface area contributed by atoms with Gasteiger partial charge in [0.1, 0.15) is 5.82 Å². The Bertz CT molecular complexity index is 1190. The van der Waals surface area contributed by atoms with E-state index in [1.54, 1.807) is 35.2 Å². The van der Waals surface area contributed by atoms with E-state index in [-0.39, 0.29) is 24.2 Å². The molecule has 0 aliphatic carbocycles. The Kier molecular flexibility index (Phi) is 5.70. The third kappa shape index (κ3) is 3.91. The van der Waals surface area contributed by atoms with E-state index in [0.29, 0.717) is 22.4 Å².